The van der Waals surface area contributed by atoms with E-state index in [-0.39, 0.29) is 0 Å². The van der Waals surface area contributed by atoms with Gasteiger partial charge in [-0.3, -0.25) is 4.40 Å². The Hall–Kier alpha value is -2.14. The topological polar surface area (TPSA) is 55.1 Å². The van der Waals surface area contributed by atoms with E-state index in [1.165, 1.54) is 0 Å². The highest BCUT2D eigenvalue weighted by molar-refractivity contribution is 6.32. The molecule has 0 saturated carbocycles. The number of hydrogen-bond acceptors (Lipinski definition) is 4. The maximum absolute atomic E-state index is 6.01. The Bertz CT molecular complexity index is 646. The van der Waals surface area contributed by atoms with Gasteiger partial charge in [0.25, 0.3) is 0 Å². The molecule has 6 heteroatoms. The van der Waals surface area contributed by atoms with Gasteiger partial charge in [-0.05, 0) is 18.2 Å². The second-order valence-corrected chi connectivity index (χ2v) is 4.15. The number of anilines is 1. The second-order valence-electron chi connectivity index (χ2n) is 3.75. The molecule has 0 radical (unpaired) electrons. The quantitative estimate of drug-likeness (QED) is 0.785. The minimum absolute atomic E-state index is 0.556. The maximum atomic E-state index is 6.01. The van der Waals surface area contributed by atoms with Crippen molar-refractivity contribution in [3.8, 4) is 0 Å². The highest BCUT2D eigenvalue weighted by Crippen LogP contribution is 2.17. The van der Waals surface area contributed by atoms with Crippen LogP contribution in [0.25, 0.3) is 5.78 Å². The zero-order chi connectivity index (χ0) is 12.4. The van der Waals surface area contributed by atoms with Crippen molar-refractivity contribution in [3.05, 3.63) is 53.7 Å². The molecule has 90 valence electrons. The number of nitrogens with one attached hydrogen (secondary N) is 1. The number of pyridine rings is 1. The van der Waals surface area contributed by atoms with E-state index in [2.05, 4.69) is 20.3 Å². The van der Waals surface area contributed by atoms with Gasteiger partial charge in [0.2, 0.25) is 5.78 Å². The Balaban J connectivity index is 1.79. The Morgan fingerprint density at radius 1 is 1.22 bits per heavy atom. The van der Waals surface area contributed by atoms with E-state index in [1.807, 2.05) is 22.9 Å². The van der Waals surface area contributed by atoms with Gasteiger partial charge in [-0.25, -0.2) is 15.0 Å². The number of rotatable bonds is 3. The predicted molar refractivity (Wildman–Crippen MR) is 69.6 cm³/mol. The monoisotopic (exact) mass is 259 g/mol. The highest BCUT2D eigenvalue weighted by atomic mass is 35.5. The van der Waals surface area contributed by atoms with Gasteiger partial charge in [0.05, 0.1) is 17.3 Å². The van der Waals surface area contributed by atoms with Crippen LogP contribution < -0.4 is 5.32 Å². The lowest BCUT2D eigenvalue weighted by Gasteiger charge is -2.04. The molecule has 0 aromatic carbocycles. The van der Waals surface area contributed by atoms with Gasteiger partial charge in [-0.1, -0.05) is 11.6 Å². The lowest BCUT2D eigenvalue weighted by Crippen LogP contribution is -2.01. The van der Waals surface area contributed by atoms with Crippen LogP contribution in [0.4, 0.5) is 5.82 Å². The van der Waals surface area contributed by atoms with E-state index in [0.29, 0.717) is 23.2 Å². The third-order valence-corrected chi connectivity index (χ3v) is 2.79. The Morgan fingerprint density at radius 2 is 2.11 bits per heavy atom. The first kappa shape index (κ1) is 11.0. The fraction of sp³-hybridized carbons (Fsp3) is 0.0833. The molecule has 0 aliphatic rings. The third-order valence-electron chi connectivity index (χ3n) is 2.48. The molecule has 3 aromatic rings. The lowest BCUT2D eigenvalue weighted by molar-refractivity contribution is 1.06. The van der Waals surface area contributed by atoms with Crippen LogP contribution in [0.3, 0.4) is 0 Å². The molecule has 0 spiro atoms. The summed E-state index contributed by atoms with van der Waals surface area (Å²) in [5.74, 6) is 1.34. The van der Waals surface area contributed by atoms with Crippen molar-refractivity contribution in [2.75, 3.05) is 5.32 Å². The molecule has 0 amide bonds. The summed E-state index contributed by atoms with van der Waals surface area (Å²) in [7, 11) is 0. The molecule has 18 heavy (non-hydrogen) atoms. The Labute approximate surface area is 108 Å². The Kier molecular flexibility index (Phi) is 2.82. The van der Waals surface area contributed by atoms with Gasteiger partial charge < -0.3 is 5.32 Å². The molecule has 3 heterocycles. The van der Waals surface area contributed by atoms with Gasteiger partial charge in [0.15, 0.2) is 0 Å². The van der Waals surface area contributed by atoms with Crippen LogP contribution in [0.1, 0.15) is 5.69 Å². The summed E-state index contributed by atoms with van der Waals surface area (Å²) in [6.07, 6.45) is 7.24. The number of nitrogens with zero attached hydrogens (tertiary/aromatic N) is 4. The van der Waals surface area contributed by atoms with Crippen LogP contribution in [-0.2, 0) is 6.54 Å². The fourth-order valence-corrected chi connectivity index (χ4v) is 1.84. The van der Waals surface area contributed by atoms with Crippen LogP contribution in [0.15, 0.2) is 43.0 Å². The highest BCUT2D eigenvalue weighted by Gasteiger charge is 2.03. The lowest BCUT2D eigenvalue weighted by atomic mass is 10.4. The summed E-state index contributed by atoms with van der Waals surface area (Å²) in [5, 5.41) is 3.74. The zero-order valence-electron chi connectivity index (χ0n) is 9.42. The van der Waals surface area contributed by atoms with Crippen LogP contribution >= 0.6 is 11.6 Å². The molecule has 0 aliphatic heterocycles. The van der Waals surface area contributed by atoms with Crippen molar-refractivity contribution >= 4 is 23.2 Å². The SMILES string of the molecule is Clc1cccnc1NCc1cn2cccnc2n1. The van der Waals surface area contributed by atoms with Crippen molar-refractivity contribution in [1.82, 2.24) is 19.4 Å². The average Bonchev–Trinajstić information content (AvgIpc) is 2.80. The molecule has 3 rings (SSSR count). The molecule has 1 N–H and O–H groups in total. The van der Waals surface area contributed by atoms with Crippen molar-refractivity contribution in [3.63, 3.8) is 0 Å². The smallest absolute Gasteiger partial charge is 0.233 e. The molecule has 0 aliphatic carbocycles. The minimum atomic E-state index is 0.556. The number of aromatic nitrogens is 4. The molecule has 0 unspecified atom stereocenters. The van der Waals surface area contributed by atoms with E-state index in [0.717, 1.165) is 5.69 Å². The van der Waals surface area contributed by atoms with Crippen LogP contribution in [0.5, 0.6) is 0 Å². The molecule has 0 atom stereocenters. The number of fused-ring (bicyclic) bond motifs is 1. The van der Waals surface area contributed by atoms with E-state index < -0.39 is 0 Å². The molecule has 3 aromatic heterocycles. The van der Waals surface area contributed by atoms with E-state index in [4.69, 9.17) is 11.6 Å². The first-order valence-electron chi connectivity index (χ1n) is 5.46. The molecule has 0 fully saturated rings. The van der Waals surface area contributed by atoms with Gasteiger partial charge in [-0.15, -0.1) is 0 Å². The predicted octanol–water partition coefficient (Wildman–Crippen LogP) is 2.39. The van der Waals surface area contributed by atoms with Crippen LogP contribution in [-0.4, -0.2) is 19.4 Å². The van der Waals surface area contributed by atoms with Gasteiger partial charge >= 0.3 is 0 Å². The number of hydrogen-bond donors (Lipinski definition) is 1. The number of imidazole rings is 1. The second kappa shape index (κ2) is 4.62. The summed E-state index contributed by atoms with van der Waals surface area (Å²) >= 11 is 6.01. The molecule has 0 bridgehead atoms. The van der Waals surface area contributed by atoms with Gasteiger partial charge in [0, 0.05) is 24.8 Å². The minimum Gasteiger partial charge on any atom is -0.363 e. The average molecular weight is 260 g/mol. The van der Waals surface area contributed by atoms with Crippen molar-refractivity contribution in [2.24, 2.45) is 0 Å². The summed E-state index contributed by atoms with van der Waals surface area (Å²) in [4.78, 5) is 12.7. The normalized spacial score (nSPS) is 10.7. The van der Waals surface area contributed by atoms with Gasteiger partial charge in [-0.2, -0.15) is 0 Å². The zero-order valence-corrected chi connectivity index (χ0v) is 10.2. The first-order chi connectivity index (χ1) is 8.83. The summed E-state index contributed by atoms with van der Waals surface area (Å²) < 4.78 is 1.87. The van der Waals surface area contributed by atoms with Crippen molar-refractivity contribution in [2.45, 2.75) is 6.54 Å². The number of halogens is 1. The fourth-order valence-electron chi connectivity index (χ4n) is 1.65. The standard InChI is InChI=1S/C12H10ClN5/c13-10-3-1-4-14-11(10)16-7-9-8-18-6-2-5-15-12(18)17-9/h1-6,8H,7H2,(H,14,16). The van der Waals surface area contributed by atoms with E-state index >= 15 is 0 Å². The van der Waals surface area contributed by atoms with E-state index in [1.54, 1.807) is 24.5 Å². The summed E-state index contributed by atoms with van der Waals surface area (Å²) in [5.41, 5.74) is 0.885. The molecule has 0 saturated heterocycles. The summed E-state index contributed by atoms with van der Waals surface area (Å²) in [6, 6.07) is 5.45. The van der Waals surface area contributed by atoms with Gasteiger partial charge in [0.1, 0.15) is 5.82 Å². The molecular weight excluding hydrogens is 250 g/mol. The largest absolute Gasteiger partial charge is 0.363 e. The maximum Gasteiger partial charge on any atom is 0.233 e. The van der Waals surface area contributed by atoms with E-state index in [9.17, 15) is 0 Å². The third kappa shape index (κ3) is 2.12. The van der Waals surface area contributed by atoms with Crippen LogP contribution in [0, 0.1) is 0 Å². The van der Waals surface area contributed by atoms with Crippen molar-refractivity contribution in [1.29, 1.82) is 0 Å². The van der Waals surface area contributed by atoms with Crippen molar-refractivity contribution < 1.29 is 0 Å². The Morgan fingerprint density at radius 3 is 2.94 bits per heavy atom. The first-order valence-corrected chi connectivity index (χ1v) is 5.84. The summed E-state index contributed by atoms with van der Waals surface area (Å²) in [6.45, 7) is 0.556. The van der Waals surface area contributed by atoms with Crippen LogP contribution in [0.2, 0.25) is 5.02 Å². The molecular formula is C12H10ClN5. The molecule has 5 nitrogen and oxygen atoms in total.